The average molecular weight is 579 g/mol. The van der Waals surface area contributed by atoms with Gasteiger partial charge in [0, 0.05) is 17.6 Å². The monoisotopic (exact) mass is 578 g/mol. The first-order valence-corrected chi connectivity index (χ1v) is 14.7. The smallest absolute Gasteiger partial charge is 0.225 e. The molecule has 4 heteroatoms. The number of hydrogen-bond acceptors (Lipinski definition) is 4. The van der Waals surface area contributed by atoms with Gasteiger partial charge in [0.05, 0.1) is 5.41 Å². The van der Waals surface area contributed by atoms with Crippen LogP contribution >= 0.6 is 0 Å². The fraction of sp³-hybridized carbons (Fsp3) is 0.333. The summed E-state index contributed by atoms with van der Waals surface area (Å²) in [5, 5.41) is 0. The van der Waals surface area contributed by atoms with Crippen molar-refractivity contribution in [2.24, 2.45) is 10.8 Å². The lowest BCUT2D eigenvalue weighted by molar-refractivity contribution is -0.137. The van der Waals surface area contributed by atoms with E-state index in [4.69, 9.17) is 0 Å². The molecule has 0 bridgehead atoms. The summed E-state index contributed by atoms with van der Waals surface area (Å²) in [5.74, 6) is -1.41. The molecular formula is C39H46O4. The summed E-state index contributed by atoms with van der Waals surface area (Å²) in [6, 6.07) is 0. The van der Waals surface area contributed by atoms with Crippen LogP contribution < -0.4 is 0 Å². The Hall–Kier alpha value is -4.18. The Kier molecular flexibility index (Phi) is 12.1. The molecule has 0 aliphatic heterocycles. The van der Waals surface area contributed by atoms with E-state index in [2.05, 4.69) is 0 Å². The molecule has 4 nitrogen and oxygen atoms in total. The zero-order valence-electron chi connectivity index (χ0n) is 27.4. The van der Waals surface area contributed by atoms with Gasteiger partial charge in [0.25, 0.3) is 0 Å². The molecule has 43 heavy (non-hydrogen) atoms. The Morgan fingerprint density at radius 3 is 1.40 bits per heavy atom. The van der Waals surface area contributed by atoms with Gasteiger partial charge >= 0.3 is 0 Å². The number of allylic oxidation sites excluding steroid dienone is 22. The molecule has 2 aliphatic rings. The van der Waals surface area contributed by atoms with Crippen LogP contribution in [0.15, 0.2) is 130 Å². The van der Waals surface area contributed by atoms with Crippen molar-refractivity contribution in [3.05, 3.63) is 130 Å². The lowest BCUT2D eigenvalue weighted by Crippen LogP contribution is -2.32. The molecule has 2 aliphatic carbocycles. The van der Waals surface area contributed by atoms with Gasteiger partial charge in [-0.25, -0.2) is 0 Å². The SMILES string of the molecule is CC1=C(C=C/C(C)=C/C=C/C(C)=C/C=C/C=C(C)/C=C/C=C(\C)C=CC2=C(C)C(=O)C(=O)C2(C)C)C(C)(C)CC(=O)C1=O. The molecule has 0 saturated carbocycles. The summed E-state index contributed by atoms with van der Waals surface area (Å²) in [4.78, 5) is 48.3. The lowest BCUT2D eigenvalue weighted by atomic mass is 9.71. The van der Waals surface area contributed by atoms with E-state index in [0.717, 1.165) is 33.4 Å². The zero-order chi connectivity index (χ0) is 32.5. The van der Waals surface area contributed by atoms with Gasteiger partial charge in [-0.1, -0.05) is 121 Å². The maximum absolute atomic E-state index is 12.2. The van der Waals surface area contributed by atoms with Crippen molar-refractivity contribution in [1.82, 2.24) is 0 Å². The fourth-order valence-electron chi connectivity index (χ4n) is 5.04. The van der Waals surface area contributed by atoms with Gasteiger partial charge in [-0.15, -0.1) is 0 Å². The van der Waals surface area contributed by atoms with Crippen LogP contribution in [0.3, 0.4) is 0 Å². The van der Waals surface area contributed by atoms with E-state index in [0.29, 0.717) is 11.1 Å². The van der Waals surface area contributed by atoms with Crippen LogP contribution in [0.2, 0.25) is 0 Å². The normalized spacial score (nSPS) is 21.2. The second-order valence-corrected chi connectivity index (χ2v) is 12.6. The predicted octanol–water partition coefficient (Wildman–Crippen LogP) is 8.93. The largest absolute Gasteiger partial charge is 0.290 e. The van der Waals surface area contributed by atoms with Crippen LogP contribution in [0, 0.1) is 10.8 Å². The molecular weight excluding hydrogens is 532 g/mol. The molecule has 0 fully saturated rings. The second-order valence-electron chi connectivity index (χ2n) is 12.6. The molecule has 0 N–H and O–H groups in total. The number of ketones is 4. The van der Waals surface area contributed by atoms with Crippen molar-refractivity contribution in [2.45, 2.75) is 75.7 Å². The number of rotatable bonds is 10. The lowest BCUT2D eigenvalue weighted by Gasteiger charge is -2.31. The highest BCUT2D eigenvalue weighted by molar-refractivity contribution is 6.48. The fourth-order valence-corrected chi connectivity index (χ4v) is 5.04. The highest BCUT2D eigenvalue weighted by Crippen LogP contribution is 2.39. The molecule has 0 aromatic carbocycles. The van der Waals surface area contributed by atoms with Crippen LogP contribution in [0.1, 0.15) is 75.7 Å². The van der Waals surface area contributed by atoms with Crippen LogP contribution in [-0.4, -0.2) is 23.1 Å². The van der Waals surface area contributed by atoms with Crippen molar-refractivity contribution in [3.8, 4) is 0 Å². The highest BCUT2D eigenvalue weighted by Gasteiger charge is 2.43. The standard InChI is InChI=1S/C39H46O4/c1-26(17-13-19-28(3)21-23-32-30(5)35(41)34(40)25-38(32,7)8)15-11-12-16-27(2)18-14-20-29(4)22-24-33-31(6)36(42)37(43)39(33,9)10/h11-24H,25H2,1-10H3/b12-11+,17-13+,18-14+,23-21?,24-22?,26-15+,27-16+,28-19+,29-20+. The van der Waals surface area contributed by atoms with Crippen LogP contribution in [-0.2, 0) is 19.2 Å². The number of Topliss-reactive ketones (excluding diaryl/α,β-unsaturated/α-hetero) is 4. The summed E-state index contributed by atoms with van der Waals surface area (Å²) in [7, 11) is 0. The van der Waals surface area contributed by atoms with Crippen LogP contribution in [0.25, 0.3) is 0 Å². The molecule has 0 atom stereocenters. The van der Waals surface area contributed by atoms with Crippen molar-refractivity contribution in [3.63, 3.8) is 0 Å². The molecule has 0 saturated heterocycles. The summed E-state index contributed by atoms with van der Waals surface area (Å²) < 4.78 is 0. The third kappa shape index (κ3) is 9.41. The van der Waals surface area contributed by atoms with E-state index in [9.17, 15) is 19.2 Å². The molecule has 226 valence electrons. The molecule has 0 aromatic heterocycles. The van der Waals surface area contributed by atoms with Crippen molar-refractivity contribution in [2.75, 3.05) is 0 Å². The van der Waals surface area contributed by atoms with Crippen molar-refractivity contribution in [1.29, 1.82) is 0 Å². The number of carbonyl (C=O) groups is 4. The minimum Gasteiger partial charge on any atom is -0.290 e. The molecule has 2 rings (SSSR count). The van der Waals surface area contributed by atoms with Gasteiger partial charge in [0.2, 0.25) is 23.1 Å². The molecule has 0 spiro atoms. The Labute approximate surface area is 258 Å². The second kappa shape index (κ2) is 14.8. The zero-order valence-corrected chi connectivity index (χ0v) is 27.4. The first kappa shape index (κ1) is 35.0. The van der Waals surface area contributed by atoms with E-state index in [1.807, 2.05) is 127 Å². The number of hydrogen-bond donors (Lipinski definition) is 0. The predicted molar refractivity (Wildman–Crippen MR) is 178 cm³/mol. The molecule has 0 aromatic rings. The molecule has 0 amide bonds. The molecule has 0 heterocycles. The summed E-state index contributed by atoms with van der Waals surface area (Å²) in [6.07, 6.45) is 28.1. The Morgan fingerprint density at radius 1 is 0.558 bits per heavy atom. The summed E-state index contributed by atoms with van der Waals surface area (Å²) in [5.41, 5.74) is 5.93. The van der Waals surface area contributed by atoms with E-state index in [-0.39, 0.29) is 35.0 Å². The maximum Gasteiger partial charge on any atom is 0.225 e. The van der Waals surface area contributed by atoms with Gasteiger partial charge in [0.15, 0.2) is 0 Å². The minimum absolute atomic E-state index is 0.245. The van der Waals surface area contributed by atoms with Gasteiger partial charge < -0.3 is 0 Å². The third-order valence-corrected chi connectivity index (χ3v) is 7.81. The maximum atomic E-state index is 12.2. The summed E-state index contributed by atoms with van der Waals surface area (Å²) >= 11 is 0. The first-order chi connectivity index (χ1) is 20.0. The topological polar surface area (TPSA) is 68.3 Å². The molecule has 0 radical (unpaired) electrons. The van der Waals surface area contributed by atoms with Gasteiger partial charge in [-0.3, -0.25) is 19.2 Å². The molecule has 0 unspecified atom stereocenters. The van der Waals surface area contributed by atoms with Crippen molar-refractivity contribution < 1.29 is 19.2 Å². The Bertz CT molecular complexity index is 1530. The summed E-state index contributed by atoms with van der Waals surface area (Å²) in [6.45, 7) is 19.1. The first-order valence-electron chi connectivity index (χ1n) is 14.7. The van der Waals surface area contributed by atoms with Gasteiger partial charge in [-0.2, -0.15) is 0 Å². The van der Waals surface area contributed by atoms with E-state index >= 15 is 0 Å². The van der Waals surface area contributed by atoms with Gasteiger partial charge in [-0.05, 0) is 72.0 Å². The van der Waals surface area contributed by atoms with E-state index in [1.54, 1.807) is 27.7 Å². The van der Waals surface area contributed by atoms with Crippen molar-refractivity contribution >= 4 is 23.1 Å². The number of carbonyl (C=O) groups excluding carboxylic acids is 4. The average Bonchev–Trinajstić information content (AvgIpc) is 3.06. The van der Waals surface area contributed by atoms with Crippen LogP contribution in [0.5, 0.6) is 0 Å². The van der Waals surface area contributed by atoms with E-state index < -0.39 is 5.41 Å². The Morgan fingerprint density at radius 2 is 0.953 bits per heavy atom. The Balaban J connectivity index is 1.94. The van der Waals surface area contributed by atoms with E-state index in [1.165, 1.54) is 0 Å². The third-order valence-electron chi connectivity index (χ3n) is 7.81. The van der Waals surface area contributed by atoms with Crippen LogP contribution in [0.4, 0.5) is 0 Å². The highest BCUT2D eigenvalue weighted by atomic mass is 16.2. The quantitative estimate of drug-likeness (QED) is 0.192. The van der Waals surface area contributed by atoms with Gasteiger partial charge in [0.1, 0.15) is 0 Å². The minimum atomic E-state index is -0.771.